The van der Waals surface area contributed by atoms with Crippen LogP contribution in [0.4, 0.5) is 0 Å². The molecular weight excluding hydrogens is 192 g/mol. The van der Waals surface area contributed by atoms with Gasteiger partial charge in [-0.1, -0.05) is 68.0 Å². The third kappa shape index (κ3) is 2.36. The zero-order valence-electron chi connectivity index (χ0n) is 11.9. The molecule has 2 saturated carbocycles. The van der Waals surface area contributed by atoms with Crippen molar-refractivity contribution >= 4 is 0 Å². The molecular formula is C16H34. The lowest BCUT2D eigenvalue weighted by molar-refractivity contribution is 0.179. The van der Waals surface area contributed by atoms with Crippen molar-refractivity contribution in [3.63, 3.8) is 0 Å². The molecule has 2 aliphatic rings. The zero-order chi connectivity index (χ0) is 12.3. The van der Waals surface area contributed by atoms with Gasteiger partial charge in [0.2, 0.25) is 0 Å². The van der Waals surface area contributed by atoms with Gasteiger partial charge in [-0.05, 0) is 36.0 Å². The smallest absolute Gasteiger partial charge is 0.00650 e. The Morgan fingerprint density at radius 2 is 1.50 bits per heavy atom. The molecule has 2 bridgehead atoms. The fraction of sp³-hybridized carbons (Fsp3) is 0.875. The molecule has 16 heavy (non-hydrogen) atoms. The third-order valence-electron chi connectivity index (χ3n) is 4.71. The van der Waals surface area contributed by atoms with E-state index in [1.807, 2.05) is 27.7 Å². The molecule has 0 radical (unpaired) electrons. The van der Waals surface area contributed by atoms with E-state index in [1.165, 1.54) is 24.8 Å². The van der Waals surface area contributed by atoms with Gasteiger partial charge in [-0.15, -0.1) is 0 Å². The van der Waals surface area contributed by atoms with E-state index in [0.717, 1.165) is 5.92 Å². The highest BCUT2D eigenvalue weighted by molar-refractivity contribution is 5.26. The number of hydrogen-bond donors (Lipinski definition) is 0. The van der Waals surface area contributed by atoms with Crippen molar-refractivity contribution < 1.29 is 0 Å². The molecule has 0 spiro atoms. The second-order valence-corrected chi connectivity index (χ2v) is 5.10. The van der Waals surface area contributed by atoms with Crippen LogP contribution < -0.4 is 0 Å². The molecule has 0 saturated heterocycles. The predicted octanol–water partition coefficient (Wildman–Crippen LogP) is 6.08. The van der Waals surface area contributed by atoms with Gasteiger partial charge in [-0.3, -0.25) is 0 Å². The molecule has 0 heterocycles. The number of rotatable bonds is 0. The van der Waals surface area contributed by atoms with Gasteiger partial charge in [0.25, 0.3) is 0 Å². The lowest BCUT2D eigenvalue weighted by Crippen LogP contribution is -2.27. The standard InChI is InChI=1S/C11H18.2C2H6.CH4/c1-8-7-9-5-6-11(8,4)10(9,2)3;2*1-2;/h9H,1,5-7H2,2-4H3;2*1-2H3;1H4. The molecule has 0 aromatic rings. The maximum atomic E-state index is 4.20. The molecule has 0 heteroatoms. The van der Waals surface area contributed by atoms with Crippen molar-refractivity contribution in [3.8, 4) is 0 Å². The van der Waals surface area contributed by atoms with Gasteiger partial charge < -0.3 is 0 Å². The van der Waals surface area contributed by atoms with Crippen LogP contribution in [0.25, 0.3) is 0 Å². The van der Waals surface area contributed by atoms with Crippen LogP contribution in [0.1, 0.15) is 75.2 Å². The summed E-state index contributed by atoms with van der Waals surface area (Å²) in [5.41, 5.74) is 2.51. The quantitative estimate of drug-likeness (QED) is 0.439. The minimum absolute atomic E-state index is 0. The van der Waals surface area contributed by atoms with Crippen molar-refractivity contribution in [2.24, 2.45) is 16.7 Å². The molecule has 0 amide bonds. The van der Waals surface area contributed by atoms with Crippen LogP contribution in [0.3, 0.4) is 0 Å². The Morgan fingerprint density at radius 1 is 1.06 bits per heavy atom. The van der Waals surface area contributed by atoms with E-state index in [2.05, 4.69) is 27.4 Å². The highest BCUT2D eigenvalue weighted by atomic mass is 14.6. The lowest BCUT2D eigenvalue weighted by atomic mass is 9.69. The summed E-state index contributed by atoms with van der Waals surface area (Å²) >= 11 is 0. The zero-order valence-corrected chi connectivity index (χ0v) is 11.9. The maximum Gasteiger partial charge on any atom is -0.00650 e. The summed E-state index contributed by atoms with van der Waals surface area (Å²) < 4.78 is 0. The summed E-state index contributed by atoms with van der Waals surface area (Å²) in [6.07, 6.45) is 4.11. The SMILES string of the molecule is C.C=C1CC2CCC1(C)C2(C)C.CC.CC. The molecule has 2 aliphatic carbocycles. The summed E-state index contributed by atoms with van der Waals surface area (Å²) in [6, 6.07) is 0. The van der Waals surface area contributed by atoms with Crippen LogP contribution in [0.5, 0.6) is 0 Å². The van der Waals surface area contributed by atoms with E-state index in [9.17, 15) is 0 Å². The minimum Gasteiger partial charge on any atom is -0.0993 e. The lowest BCUT2D eigenvalue weighted by Gasteiger charge is -2.35. The maximum absolute atomic E-state index is 4.20. The van der Waals surface area contributed by atoms with Gasteiger partial charge in [0, 0.05) is 0 Å². The first-order valence-corrected chi connectivity index (χ1v) is 6.67. The Balaban J connectivity index is 0. The van der Waals surface area contributed by atoms with Crippen LogP contribution in [-0.2, 0) is 0 Å². The minimum atomic E-state index is 0. The van der Waals surface area contributed by atoms with Gasteiger partial charge in [0.1, 0.15) is 0 Å². The average Bonchev–Trinajstić information content (AvgIpc) is 2.57. The Bertz CT molecular complexity index is 212. The molecule has 2 unspecified atom stereocenters. The summed E-state index contributed by atoms with van der Waals surface area (Å²) in [6.45, 7) is 19.4. The Kier molecular flexibility index (Phi) is 7.32. The van der Waals surface area contributed by atoms with Crippen molar-refractivity contribution in [2.45, 2.75) is 75.2 Å². The monoisotopic (exact) mass is 226 g/mol. The van der Waals surface area contributed by atoms with Crippen molar-refractivity contribution in [2.75, 3.05) is 0 Å². The Hall–Kier alpha value is -0.260. The Morgan fingerprint density at radius 3 is 1.62 bits per heavy atom. The topological polar surface area (TPSA) is 0 Å². The summed E-state index contributed by atoms with van der Waals surface area (Å²) in [7, 11) is 0. The van der Waals surface area contributed by atoms with Crippen LogP contribution in [0, 0.1) is 16.7 Å². The predicted molar refractivity (Wildman–Crippen MR) is 77.8 cm³/mol. The molecule has 0 nitrogen and oxygen atoms in total. The molecule has 2 atom stereocenters. The number of fused-ring (bicyclic) bond motifs is 2. The molecule has 0 aromatic carbocycles. The van der Waals surface area contributed by atoms with Gasteiger partial charge in [-0.25, -0.2) is 0 Å². The fourth-order valence-electron chi connectivity index (χ4n) is 3.11. The molecule has 0 aliphatic heterocycles. The molecule has 0 aromatic heterocycles. The largest absolute Gasteiger partial charge is 0.0993 e. The first kappa shape index (κ1) is 18.1. The van der Waals surface area contributed by atoms with Crippen molar-refractivity contribution in [1.29, 1.82) is 0 Å². The molecule has 0 N–H and O–H groups in total. The molecule has 2 rings (SSSR count). The summed E-state index contributed by atoms with van der Waals surface area (Å²) in [5, 5.41) is 0. The highest BCUT2D eigenvalue weighted by Crippen LogP contribution is 2.67. The highest BCUT2D eigenvalue weighted by Gasteiger charge is 2.57. The molecule has 2 fully saturated rings. The normalized spacial score (nSPS) is 32.9. The fourth-order valence-corrected chi connectivity index (χ4v) is 3.11. The van der Waals surface area contributed by atoms with Crippen LogP contribution in [0.2, 0.25) is 0 Å². The summed E-state index contributed by atoms with van der Waals surface area (Å²) in [4.78, 5) is 0. The van der Waals surface area contributed by atoms with E-state index >= 15 is 0 Å². The van der Waals surface area contributed by atoms with Gasteiger partial charge >= 0.3 is 0 Å². The first-order valence-electron chi connectivity index (χ1n) is 6.67. The number of hydrogen-bond acceptors (Lipinski definition) is 0. The van der Waals surface area contributed by atoms with Crippen LogP contribution in [-0.4, -0.2) is 0 Å². The van der Waals surface area contributed by atoms with Gasteiger partial charge in [-0.2, -0.15) is 0 Å². The van der Waals surface area contributed by atoms with Gasteiger partial charge in [0.05, 0.1) is 0 Å². The van der Waals surface area contributed by atoms with Crippen molar-refractivity contribution in [1.82, 2.24) is 0 Å². The van der Waals surface area contributed by atoms with E-state index in [4.69, 9.17) is 0 Å². The van der Waals surface area contributed by atoms with E-state index < -0.39 is 0 Å². The van der Waals surface area contributed by atoms with Crippen LogP contribution >= 0.6 is 0 Å². The van der Waals surface area contributed by atoms with Crippen LogP contribution in [0.15, 0.2) is 12.2 Å². The van der Waals surface area contributed by atoms with Crippen molar-refractivity contribution in [3.05, 3.63) is 12.2 Å². The second kappa shape index (κ2) is 6.47. The average molecular weight is 226 g/mol. The first-order chi connectivity index (χ1) is 6.98. The Labute approximate surface area is 105 Å². The third-order valence-corrected chi connectivity index (χ3v) is 4.71. The molecule has 98 valence electrons. The van der Waals surface area contributed by atoms with E-state index in [0.29, 0.717) is 10.8 Å². The van der Waals surface area contributed by atoms with E-state index in [1.54, 1.807) is 0 Å². The second-order valence-electron chi connectivity index (χ2n) is 5.10. The number of allylic oxidation sites excluding steroid dienone is 1. The van der Waals surface area contributed by atoms with E-state index in [-0.39, 0.29) is 7.43 Å². The van der Waals surface area contributed by atoms with Gasteiger partial charge in [0.15, 0.2) is 0 Å². The summed E-state index contributed by atoms with van der Waals surface area (Å²) in [5.74, 6) is 0.931.